The van der Waals surface area contributed by atoms with Crippen molar-refractivity contribution in [1.82, 2.24) is 14.3 Å². The predicted octanol–water partition coefficient (Wildman–Crippen LogP) is 1.46. The number of carbonyl (C=O) groups is 2. The quantitative estimate of drug-likeness (QED) is 0.846. The first-order valence-electron chi connectivity index (χ1n) is 8.98. The van der Waals surface area contributed by atoms with E-state index in [1.165, 1.54) is 0 Å². The molecule has 0 aromatic carbocycles. The number of aromatic nitrogens is 2. The number of nitrogens with two attached hydrogens (primary N) is 1. The maximum absolute atomic E-state index is 12.9. The second-order valence-corrected chi connectivity index (χ2v) is 7.02. The molecule has 2 amide bonds. The lowest BCUT2D eigenvalue weighted by Crippen LogP contribution is -2.52. The van der Waals surface area contributed by atoms with Crippen LogP contribution in [0, 0.1) is 6.92 Å². The zero-order chi connectivity index (χ0) is 18.7. The number of methoxy groups -OCH3 is 1. The SMILES string of the molecule is COC1(CCC(N)=O)CCCN(C(=O)Cc2c(C)nc3ccccn23)C1. The number of primary amides is 1. The average molecular weight is 358 g/mol. The zero-order valence-corrected chi connectivity index (χ0v) is 15.4. The van der Waals surface area contributed by atoms with E-state index >= 15 is 0 Å². The second-order valence-electron chi connectivity index (χ2n) is 7.02. The summed E-state index contributed by atoms with van der Waals surface area (Å²) >= 11 is 0. The molecule has 7 nitrogen and oxygen atoms in total. The Morgan fingerprint density at radius 2 is 2.19 bits per heavy atom. The van der Waals surface area contributed by atoms with Gasteiger partial charge in [0.2, 0.25) is 11.8 Å². The summed E-state index contributed by atoms with van der Waals surface area (Å²) in [6, 6.07) is 5.80. The van der Waals surface area contributed by atoms with Crippen molar-refractivity contribution in [1.29, 1.82) is 0 Å². The van der Waals surface area contributed by atoms with Crippen molar-refractivity contribution >= 4 is 17.5 Å². The summed E-state index contributed by atoms with van der Waals surface area (Å²) in [5.74, 6) is -0.287. The van der Waals surface area contributed by atoms with Crippen molar-refractivity contribution in [2.45, 2.75) is 44.6 Å². The monoisotopic (exact) mass is 358 g/mol. The fourth-order valence-electron chi connectivity index (χ4n) is 3.77. The van der Waals surface area contributed by atoms with Crippen LogP contribution < -0.4 is 5.73 Å². The van der Waals surface area contributed by atoms with Crippen molar-refractivity contribution in [2.75, 3.05) is 20.2 Å². The first-order valence-corrected chi connectivity index (χ1v) is 8.98. The van der Waals surface area contributed by atoms with Crippen LogP contribution in [0.1, 0.15) is 37.1 Å². The summed E-state index contributed by atoms with van der Waals surface area (Å²) in [6.07, 6.45) is 4.71. The minimum absolute atomic E-state index is 0.0546. The molecule has 26 heavy (non-hydrogen) atoms. The average Bonchev–Trinajstić information content (AvgIpc) is 2.95. The maximum Gasteiger partial charge on any atom is 0.228 e. The van der Waals surface area contributed by atoms with Crippen LogP contribution in [-0.2, 0) is 20.7 Å². The molecule has 2 aromatic heterocycles. The number of nitrogens with zero attached hydrogens (tertiary/aromatic N) is 3. The van der Waals surface area contributed by atoms with E-state index in [2.05, 4.69) is 4.98 Å². The molecule has 140 valence electrons. The molecule has 3 heterocycles. The van der Waals surface area contributed by atoms with Crippen molar-refractivity contribution in [3.05, 3.63) is 35.8 Å². The topological polar surface area (TPSA) is 89.9 Å². The van der Waals surface area contributed by atoms with E-state index in [-0.39, 0.29) is 18.2 Å². The van der Waals surface area contributed by atoms with Gasteiger partial charge < -0.3 is 19.8 Å². The van der Waals surface area contributed by atoms with E-state index in [0.717, 1.165) is 29.9 Å². The smallest absolute Gasteiger partial charge is 0.228 e. The van der Waals surface area contributed by atoms with Crippen molar-refractivity contribution < 1.29 is 14.3 Å². The summed E-state index contributed by atoms with van der Waals surface area (Å²) in [7, 11) is 1.64. The van der Waals surface area contributed by atoms with Crippen molar-refractivity contribution in [3.63, 3.8) is 0 Å². The van der Waals surface area contributed by atoms with Gasteiger partial charge in [-0.25, -0.2) is 4.98 Å². The van der Waals surface area contributed by atoms with Gasteiger partial charge in [-0.05, 0) is 38.3 Å². The molecule has 0 bridgehead atoms. The molecular weight excluding hydrogens is 332 g/mol. The molecule has 1 fully saturated rings. The highest BCUT2D eigenvalue weighted by Crippen LogP contribution is 2.29. The van der Waals surface area contributed by atoms with Crippen LogP contribution in [0.5, 0.6) is 0 Å². The number of pyridine rings is 1. The molecule has 0 aliphatic carbocycles. The summed E-state index contributed by atoms with van der Waals surface area (Å²) < 4.78 is 7.69. The zero-order valence-electron chi connectivity index (χ0n) is 15.4. The molecule has 2 N–H and O–H groups in total. The molecule has 2 aromatic rings. The molecule has 0 saturated carbocycles. The van der Waals surface area contributed by atoms with Gasteiger partial charge in [0.1, 0.15) is 5.65 Å². The van der Waals surface area contributed by atoms with E-state index in [0.29, 0.717) is 25.9 Å². The summed E-state index contributed by atoms with van der Waals surface area (Å²) in [4.78, 5) is 30.5. The number of ether oxygens (including phenoxy) is 1. The van der Waals surface area contributed by atoms with E-state index in [1.807, 2.05) is 40.6 Å². The third-order valence-corrected chi connectivity index (χ3v) is 5.30. The Morgan fingerprint density at radius 3 is 2.92 bits per heavy atom. The maximum atomic E-state index is 12.9. The van der Waals surface area contributed by atoms with Gasteiger partial charge in [0.25, 0.3) is 0 Å². The van der Waals surface area contributed by atoms with E-state index in [4.69, 9.17) is 10.5 Å². The third kappa shape index (κ3) is 3.72. The number of amides is 2. The molecule has 1 unspecified atom stereocenters. The van der Waals surface area contributed by atoms with E-state index < -0.39 is 5.60 Å². The largest absolute Gasteiger partial charge is 0.376 e. The number of piperidine rings is 1. The number of aryl methyl sites for hydroxylation is 1. The first kappa shape index (κ1) is 18.4. The van der Waals surface area contributed by atoms with Gasteiger partial charge in [0, 0.05) is 32.8 Å². The van der Waals surface area contributed by atoms with E-state index in [1.54, 1.807) is 7.11 Å². The molecule has 1 aliphatic rings. The van der Waals surface area contributed by atoms with Gasteiger partial charge in [-0.3, -0.25) is 9.59 Å². The van der Waals surface area contributed by atoms with Crippen LogP contribution in [-0.4, -0.2) is 51.9 Å². The van der Waals surface area contributed by atoms with Crippen LogP contribution in [0.25, 0.3) is 5.65 Å². The Kier molecular flexibility index (Phi) is 5.27. The van der Waals surface area contributed by atoms with Crippen LogP contribution in [0.2, 0.25) is 0 Å². The Hall–Kier alpha value is -2.41. The standard InChI is InChI=1S/C19H26N4O3/c1-14-15(23-11-4-3-6-17(23)21-14)12-18(25)22-10-5-8-19(13-22,26-2)9-7-16(20)24/h3-4,6,11H,5,7-10,12-13H2,1-2H3,(H2,20,24). The van der Waals surface area contributed by atoms with Crippen LogP contribution >= 0.6 is 0 Å². The lowest BCUT2D eigenvalue weighted by atomic mass is 9.87. The molecule has 3 rings (SSSR count). The molecule has 7 heteroatoms. The number of hydrogen-bond acceptors (Lipinski definition) is 4. The Morgan fingerprint density at radius 1 is 1.38 bits per heavy atom. The third-order valence-electron chi connectivity index (χ3n) is 5.30. The highest BCUT2D eigenvalue weighted by Gasteiger charge is 2.37. The van der Waals surface area contributed by atoms with Crippen molar-refractivity contribution in [2.24, 2.45) is 5.73 Å². The Labute approximate surface area is 153 Å². The highest BCUT2D eigenvalue weighted by atomic mass is 16.5. The fraction of sp³-hybridized carbons (Fsp3) is 0.526. The van der Waals surface area contributed by atoms with Gasteiger partial charge in [-0.2, -0.15) is 0 Å². The number of rotatable bonds is 6. The van der Waals surface area contributed by atoms with Gasteiger partial charge in [-0.1, -0.05) is 6.07 Å². The molecule has 0 spiro atoms. The van der Waals surface area contributed by atoms with Crippen LogP contribution in [0.3, 0.4) is 0 Å². The lowest BCUT2D eigenvalue weighted by molar-refractivity contribution is -0.141. The Bertz CT molecular complexity index is 816. The first-order chi connectivity index (χ1) is 12.4. The Balaban J connectivity index is 1.74. The lowest BCUT2D eigenvalue weighted by Gasteiger charge is -2.42. The van der Waals surface area contributed by atoms with E-state index in [9.17, 15) is 9.59 Å². The molecule has 0 radical (unpaired) electrons. The van der Waals surface area contributed by atoms with Gasteiger partial charge in [-0.15, -0.1) is 0 Å². The van der Waals surface area contributed by atoms with Crippen LogP contribution in [0.4, 0.5) is 0 Å². The number of hydrogen-bond donors (Lipinski definition) is 1. The van der Waals surface area contributed by atoms with Crippen molar-refractivity contribution in [3.8, 4) is 0 Å². The van der Waals surface area contributed by atoms with Gasteiger partial charge in [0.15, 0.2) is 0 Å². The molecule has 1 aliphatic heterocycles. The van der Waals surface area contributed by atoms with Crippen LogP contribution in [0.15, 0.2) is 24.4 Å². The number of fused-ring (bicyclic) bond motifs is 1. The van der Waals surface area contributed by atoms with Gasteiger partial charge in [0.05, 0.1) is 23.4 Å². The predicted molar refractivity (Wildman–Crippen MR) is 97.6 cm³/mol. The minimum Gasteiger partial charge on any atom is -0.376 e. The van der Waals surface area contributed by atoms with Gasteiger partial charge >= 0.3 is 0 Å². The number of imidazole rings is 1. The molecular formula is C19H26N4O3. The molecule has 1 saturated heterocycles. The number of carbonyl (C=O) groups excluding carboxylic acids is 2. The molecule has 1 atom stereocenters. The summed E-state index contributed by atoms with van der Waals surface area (Å²) in [5.41, 5.74) is 7.43. The summed E-state index contributed by atoms with van der Waals surface area (Å²) in [6.45, 7) is 3.12. The normalized spacial score (nSPS) is 20.5. The highest BCUT2D eigenvalue weighted by molar-refractivity contribution is 5.79. The fourth-order valence-corrected chi connectivity index (χ4v) is 3.77. The minimum atomic E-state index is -0.489. The summed E-state index contributed by atoms with van der Waals surface area (Å²) in [5, 5.41) is 0. The number of likely N-dealkylation sites (tertiary alicyclic amines) is 1. The second kappa shape index (κ2) is 7.45.